The molecule has 0 spiro atoms. The molecule has 2 aromatic rings. The van der Waals surface area contributed by atoms with Crippen molar-refractivity contribution in [1.82, 2.24) is 5.32 Å². The molecule has 2 aromatic carbocycles. The Morgan fingerprint density at radius 1 is 1.16 bits per heavy atom. The van der Waals surface area contributed by atoms with E-state index in [0.717, 1.165) is 18.2 Å². The maximum Gasteiger partial charge on any atom is 0.417 e. The van der Waals surface area contributed by atoms with Crippen LogP contribution in [0, 0.1) is 0 Å². The number of anilines is 1. The average Bonchev–Trinajstić information content (AvgIpc) is 2.73. The highest BCUT2D eigenvalue weighted by atomic mass is 35.5. The second kappa shape index (κ2) is 7.99. The molecule has 0 aromatic heterocycles. The Balaban J connectivity index is 1.67. The number of carbonyl (C=O) groups is 1. The van der Waals surface area contributed by atoms with Gasteiger partial charge in [0.1, 0.15) is 12.0 Å². The van der Waals surface area contributed by atoms with Crippen LogP contribution in [0.2, 0.25) is 5.02 Å². The SMILES string of the molecule is O=C1OCc2cc(Cl)ccc2N1C1CCNC(S(=O)(=O)c2ccccc2C(F)(F)F)C1. The van der Waals surface area contributed by atoms with E-state index >= 15 is 0 Å². The fourth-order valence-corrected chi connectivity index (χ4v) is 6.06. The van der Waals surface area contributed by atoms with Crippen molar-refractivity contribution in [3.8, 4) is 0 Å². The number of nitrogens with zero attached hydrogens (tertiary/aromatic N) is 1. The van der Waals surface area contributed by atoms with Crippen LogP contribution in [0.4, 0.5) is 23.7 Å². The van der Waals surface area contributed by atoms with Gasteiger partial charge in [0, 0.05) is 16.6 Å². The van der Waals surface area contributed by atoms with E-state index < -0.39 is 44.0 Å². The zero-order chi connectivity index (χ0) is 22.4. The van der Waals surface area contributed by atoms with Gasteiger partial charge in [0.2, 0.25) is 0 Å². The topological polar surface area (TPSA) is 75.7 Å². The van der Waals surface area contributed by atoms with Crippen molar-refractivity contribution in [3.63, 3.8) is 0 Å². The van der Waals surface area contributed by atoms with Gasteiger partial charge in [-0.05, 0) is 49.7 Å². The lowest BCUT2D eigenvalue weighted by Gasteiger charge is -2.39. The molecule has 2 aliphatic heterocycles. The summed E-state index contributed by atoms with van der Waals surface area (Å²) in [7, 11) is -4.38. The monoisotopic (exact) mass is 474 g/mol. The smallest absolute Gasteiger partial charge is 0.417 e. The summed E-state index contributed by atoms with van der Waals surface area (Å²) >= 11 is 6.01. The number of alkyl halides is 3. The highest BCUT2D eigenvalue weighted by Crippen LogP contribution is 2.38. The van der Waals surface area contributed by atoms with E-state index in [-0.39, 0.29) is 19.6 Å². The van der Waals surface area contributed by atoms with Crippen LogP contribution in [0.25, 0.3) is 0 Å². The molecule has 2 unspecified atom stereocenters. The zero-order valence-electron chi connectivity index (χ0n) is 16.0. The Morgan fingerprint density at radius 2 is 1.90 bits per heavy atom. The second-order valence-electron chi connectivity index (χ2n) is 7.36. The van der Waals surface area contributed by atoms with Crippen LogP contribution in [0.1, 0.15) is 24.0 Å². The number of ether oxygens (including phenoxy) is 1. The van der Waals surface area contributed by atoms with Gasteiger partial charge in [-0.25, -0.2) is 13.2 Å². The molecule has 1 saturated heterocycles. The molecule has 11 heteroatoms. The predicted molar refractivity (Wildman–Crippen MR) is 108 cm³/mol. The van der Waals surface area contributed by atoms with E-state index in [1.165, 1.54) is 11.0 Å². The number of cyclic esters (lactones) is 1. The van der Waals surface area contributed by atoms with Crippen molar-refractivity contribution in [2.45, 2.75) is 41.9 Å². The van der Waals surface area contributed by atoms with Crippen molar-refractivity contribution < 1.29 is 31.1 Å². The van der Waals surface area contributed by atoms with E-state index in [2.05, 4.69) is 5.32 Å². The number of carbonyl (C=O) groups excluding carboxylic acids is 1. The number of nitrogens with one attached hydrogen (secondary N) is 1. The summed E-state index contributed by atoms with van der Waals surface area (Å²) in [6.07, 6.45) is -5.13. The standard InChI is InChI=1S/C20H18ClF3N2O4S/c21-13-5-6-16-12(9-13)11-30-19(27)26(16)14-7-8-25-18(10-14)31(28,29)17-4-2-1-3-15(17)20(22,23)24/h1-6,9,14,18,25H,7-8,10-11H2. The minimum Gasteiger partial charge on any atom is -0.444 e. The van der Waals surface area contributed by atoms with Crippen LogP contribution >= 0.6 is 11.6 Å². The van der Waals surface area contributed by atoms with Crippen molar-refractivity contribution in [3.05, 3.63) is 58.6 Å². The van der Waals surface area contributed by atoms with Gasteiger partial charge < -0.3 is 10.1 Å². The molecule has 1 N–H and O–H groups in total. The molecule has 0 radical (unpaired) electrons. The molecule has 31 heavy (non-hydrogen) atoms. The molecular weight excluding hydrogens is 457 g/mol. The van der Waals surface area contributed by atoms with Gasteiger partial charge >= 0.3 is 12.3 Å². The van der Waals surface area contributed by atoms with Crippen molar-refractivity contribution >= 4 is 33.2 Å². The first kappa shape index (κ1) is 21.9. The van der Waals surface area contributed by atoms with Crippen LogP contribution in [0.5, 0.6) is 0 Å². The molecular formula is C20H18ClF3N2O4S. The number of rotatable bonds is 3. The summed E-state index contributed by atoms with van der Waals surface area (Å²) in [5.41, 5.74) is 0.0168. The summed E-state index contributed by atoms with van der Waals surface area (Å²) in [4.78, 5) is 13.1. The summed E-state index contributed by atoms with van der Waals surface area (Å²) < 4.78 is 71.7. The van der Waals surface area contributed by atoms with Gasteiger partial charge in [-0.1, -0.05) is 23.7 Å². The predicted octanol–water partition coefficient (Wildman–Crippen LogP) is 4.37. The number of hydrogen-bond acceptors (Lipinski definition) is 5. The summed E-state index contributed by atoms with van der Waals surface area (Å²) in [6, 6.07) is 8.45. The Kier molecular flexibility index (Phi) is 5.65. The van der Waals surface area contributed by atoms with Crippen LogP contribution < -0.4 is 10.2 Å². The normalized spacial score (nSPS) is 22.1. The molecule has 4 rings (SSSR count). The first-order valence-electron chi connectivity index (χ1n) is 9.47. The Hall–Kier alpha value is -2.30. The van der Waals surface area contributed by atoms with Gasteiger partial charge in [0.15, 0.2) is 9.84 Å². The number of hydrogen-bond donors (Lipinski definition) is 1. The minimum absolute atomic E-state index is 0.0386. The molecule has 2 aliphatic rings. The fraction of sp³-hybridized carbons (Fsp3) is 0.350. The molecule has 1 amide bonds. The number of piperidine rings is 1. The van der Waals surface area contributed by atoms with E-state index in [0.29, 0.717) is 22.7 Å². The first-order valence-corrected chi connectivity index (χ1v) is 11.4. The number of benzene rings is 2. The van der Waals surface area contributed by atoms with Gasteiger partial charge in [0.25, 0.3) is 0 Å². The largest absolute Gasteiger partial charge is 0.444 e. The van der Waals surface area contributed by atoms with Gasteiger partial charge in [0.05, 0.1) is 16.1 Å². The molecule has 0 aliphatic carbocycles. The first-order chi connectivity index (χ1) is 14.6. The quantitative estimate of drug-likeness (QED) is 0.715. The van der Waals surface area contributed by atoms with Crippen LogP contribution in [0.15, 0.2) is 47.4 Å². The van der Waals surface area contributed by atoms with E-state index in [9.17, 15) is 26.4 Å². The molecule has 0 bridgehead atoms. The Labute approximate surface area is 181 Å². The van der Waals surface area contributed by atoms with Crippen LogP contribution in [-0.4, -0.2) is 32.5 Å². The van der Waals surface area contributed by atoms with Gasteiger partial charge in [-0.15, -0.1) is 0 Å². The minimum atomic E-state index is -4.81. The van der Waals surface area contributed by atoms with E-state index in [4.69, 9.17) is 16.3 Å². The summed E-state index contributed by atoms with van der Waals surface area (Å²) in [6.45, 7) is 0.242. The second-order valence-corrected chi connectivity index (χ2v) is 9.89. The van der Waals surface area contributed by atoms with Crippen molar-refractivity contribution in [1.29, 1.82) is 0 Å². The highest BCUT2D eigenvalue weighted by molar-refractivity contribution is 7.92. The summed E-state index contributed by atoms with van der Waals surface area (Å²) in [5.74, 6) is 0. The van der Waals surface area contributed by atoms with Crippen LogP contribution in [-0.2, 0) is 27.4 Å². The molecule has 166 valence electrons. The Bertz CT molecular complexity index is 1120. The van der Waals surface area contributed by atoms with Crippen molar-refractivity contribution in [2.24, 2.45) is 0 Å². The lowest BCUT2D eigenvalue weighted by Crippen LogP contribution is -2.53. The third-order valence-electron chi connectivity index (χ3n) is 5.42. The highest BCUT2D eigenvalue weighted by Gasteiger charge is 2.43. The number of amides is 1. The third-order valence-corrected chi connectivity index (χ3v) is 7.74. The maximum absolute atomic E-state index is 13.4. The maximum atomic E-state index is 13.4. The van der Waals surface area contributed by atoms with Crippen molar-refractivity contribution in [2.75, 3.05) is 11.4 Å². The molecule has 2 heterocycles. The van der Waals surface area contributed by atoms with E-state index in [1.54, 1.807) is 18.2 Å². The number of halogens is 4. The third kappa shape index (κ3) is 4.11. The van der Waals surface area contributed by atoms with Gasteiger partial charge in [-0.2, -0.15) is 13.2 Å². The lowest BCUT2D eigenvalue weighted by molar-refractivity contribution is -0.139. The average molecular weight is 475 g/mol. The molecule has 6 nitrogen and oxygen atoms in total. The molecule has 1 fully saturated rings. The number of sulfone groups is 1. The molecule has 2 atom stereocenters. The van der Waals surface area contributed by atoms with Crippen LogP contribution in [0.3, 0.4) is 0 Å². The summed E-state index contributed by atoms with van der Waals surface area (Å²) in [5, 5.41) is 1.97. The molecule has 0 saturated carbocycles. The zero-order valence-corrected chi connectivity index (χ0v) is 17.6. The van der Waals surface area contributed by atoms with Gasteiger partial charge in [-0.3, -0.25) is 4.90 Å². The van der Waals surface area contributed by atoms with E-state index in [1.807, 2.05) is 0 Å². The number of fused-ring (bicyclic) bond motifs is 1. The lowest BCUT2D eigenvalue weighted by atomic mass is 10.0. The fourth-order valence-electron chi connectivity index (χ4n) is 3.99. The Morgan fingerprint density at radius 3 is 2.65 bits per heavy atom.